The van der Waals surface area contributed by atoms with Crippen LogP contribution in [0.3, 0.4) is 0 Å². The first-order valence-electron chi connectivity index (χ1n) is 7.62. The second kappa shape index (κ2) is 6.65. The molecule has 0 spiro atoms. The van der Waals surface area contributed by atoms with E-state index in [2.05, 4.69) is 31.1 Å². The van der Waals surface area contributed by atoms with Gasteiger partial charge in [-0.3, -0.25) is 4.79 Å². The summed E-state index contributed by atoms with van der Waals surface area (Å²) >= 11 is 6.04. The molecular weight excluding hydrogens is 286 g/mol. The van der Waals surface area contributed by atoms with Gasteiger partial charge in [0.2, 0.25) is 0 Å². The second-order valence-corrected chi connectivity index (χ2v) is 6.83. The number of hydrogen-bond donors (Lipinski definition) is 1. The van der Waals surface area contributed by atoms with E-state index in [-0.39, 0.29) is 5.91 Å². The number of aromatic nitrogens is 1. The molecular formula is C16H24ClN3O. The number of nitrogens with zero attached hydrogens (tertiary/aromatic N) is 2. The van der Waals surface area contributed by atoms with E-state index in [1.807, 2.05) is 4.90 Å². The Kier molecular flexibility index (Phi) is 5.09. The fourth-order valence-corrected chi connectivity index (χ4v) is 2.67. The molecule has 1 aliphatic heterocycles. The van der Waals surface area contributed by atoms with Gasteiger partial charge in [-0.2, -0.15) is 0 Å². The second-order valence-electron chi connectivity index (χ2n) is 6.45. The third kappa shape index (κ3) is 4.34. The van der Waals surface area contributed by atoms with Crippen LogP contribution in [0, 0.1) is 5.41 Å². The van der Waals surface area contributed by atoms with Crippen molar-refractivity contribution >= 4 is 23.3 Å². The molecule has 21 heavy (non-hydrogen) atoms. The Morgan fingerprint density at radius 2 is 2.05 bits per heavy atom. The Bertz CT molecular complexity index is 506. The molecule has 1 amide bonds. The highest BCUT2D eigenvalue weighted by atomic mass is 35.5. The number of halogens is 1. The summed E-state index contributed by atoms with van der Waals surface area (Å²) in [5.74, 6) is 0.722. The summed E-state index contributed by atoms with van der Waals surface area (Å²) in [7, 11) is 0. The topological polar surface area (TPSA) is 45.2 Å². The van der Waals surface area contributed by atoms with E-state index in [0.717, 1.165) is 38.9 Å². The van der Waals surface area contributed by atoms with Gasteiger partial charge >= 0.3 is 0 Å². The van der Waals surface area contributed by atoms with Crippen molar-refractivity contribution in [2.75, 3.05) is 25.0 Å². The van der Waals surface area contributed by atoms with E-state index in [9.17, 15) is 4.79 Å². The van der Waals surface area contributed by atoms with E-state index >= 15 is 0 Å². The number of nitrogens with one attached hydrogen (secondary N) is 1. The number of pyridine rings is 1. The lowest BCUT2D eigenvalue weighted by atomic mass is 9.82. The zero-order valence-electron chi connectivity index (χ0n) is 13.1. The molecule has 1 aromatic heterocycles. The summed E-state index contributed by atoms with van der Waals surface area (Å²) in [4.78, 5) is 18.7. The normalized spacial score (nSPS) is 17.6. The zero-order valence-corrected chi connectivity index (χ0v) is 13.8. The smallest absolute Gasteiger partial charge is 0.254 e. The number of piperidine rings is 1. The summed E-state index contributed by atoms with van der Waals surface area (Å²) in [6, 6.07) is 3.45. The Morgan fingerprint density at radius 3 is 2.67 bits per heavy atom. The lowest BCUT2D eigenvalue weighted by molar-refractivity contribution is 0.0630. The number of carbonyl (C=O) groups is 1. The van der Waals surface area contributed by atoms with Gasteiger partial charge in [-0.15, -0.1) is 0 Å². The van der Waals surface area contributed by atoms with Crippen molar-refractivity contribution in [2.45, 2.75) is 40.0 Å². The molecule has 0 unspecified atom stereocenters. The van der Waals surface area contributed by atoms with E-state index < -0.39 is 0 Å². The summed E-state index contributed by atoms with van der Waals surface area (Å²) < 4.78 is 0. The van der Waals surface area contributed by atoms with Crippen molar-refractivity contribution in [3.05, 3.63) is 22.8 Å². The molecule has 0 atom stereocenters. The minimum Gasteiger partial charge on any atom is -0.370 e. The highest BCUT2D eigenvalue weighted by Crippen LogP contribution is 2.30. The van der Waals surface area contributed by atoms with E-state index in [1.54, 1.807) is 12.1 Å². The van der Waals surface area contributed by atoms with Gasteiger partial charge in [0.1, 0.15) is 11.0 Å². The van der Waals surface area contributed by atoms with Crippen LogP contribution in [-0.2, 0) is 0 Å². The highest BCUT2D eigenvalue weighted by molar-refractivity contribution is 6.29. The number of rotatable bonds is 4. The Morgan fingerprint density at radius 1 is 1.38 bits per heavy atom. The van der Waals surface area contributed by atoms with Crippen molar-refractivity contribution in [1.82, 2.24) is 9.88 Å². The number of amides is 1. The van der Waals surface area contributed by atoms with E-state index in [0.29, 0.717) is 21.9 Å². The van der Waals surface area contributed by atoms with Gasteiger partial charge in [0.15, 0.2) is 0 Å². The SMILES string of the molecule is CCCNc1cc(C(=O)N2CCC(C)(C)CC2)cc(Cl)n1. The van der Waals surface area contributed by atoms with Gasteiger partial charge in [0.05, 0.1) is 0 Å². The van der Waals surface area contributed by atoms with Gasteiger partial charge in [0.25, 0.3) is 5.91 Å². The molecule has 5 heteroatoms. The van der Waals surface area contributed by atoms with Gasteiger partial charge in [-0.1, -0.05) is 32.4 Å². The Balaban J connectivity index is 2.10. The number of hydrogen-bond acceptors (Lipinski definition) is 3. The standard InChI is InChI=1S/C16H24ClN3O/c1-4-7-18-14-11-12(10-13(17)19-14)15(21)20-8-5-16(2,3)6-9-20/h10-11H,4-9H2,1-3H3,(H,18,19). The maximum Gasteiger partial charge on any atom is 0.254 e. The van der Waals surface area contributed by atoms with Gasteiger partial charge in [-0.05, 0) is 36.8 Å². The summed E-state index contributed by atoms with van der Waals surface area (Å²) in [6.07, 6.45) is 3.08. The molecule has 0 bridgehead atoms. The monoisotopic (exact) mass is 309 g/mol. The summed E-state index contributed by atoms with van der Waals surface area (Å²) in [6.45, 7) is 9.03. The Labute approximate surface area is 131 Å². The minimum atomic E-state index is 0.0503. The molecule has 1 N–H and O–H groups in total. The minimum absolute atomic E-state index is 0.0503. The summed E-state index contributed by atoms with van der Waals surface area (Å²) in [5, 5.41) is 3.54. The van der Waals surface area contributed by atoms with Crippen LogP contribution >= 0.6 is 11.6 Å². The van der Waals surface area contributed by atoms with Crippen LogP contribution in [0.25, 0.3) is 0 Å². The highest BCUT2D eigenvalue weighted by Gasteiger charge is 2.28. The van der Waals surface area contributed by atoms with Crippen LogP contribution in [0.1, 0.15) is 50.4 Å². The quantitative estimate of drug-likeness (QED) is 0.860. The molecule has 0 saturated carbocycles. The fourth-order valence-electron chi connectivity index (χ4n) is 2.46. The van der Waals surface area contributed by atoms with Crippen LogP contribution in [0.15, 0.2) is 12.1 Å². The molecule has 1 saturated heterocycles. The zero-order chi connectivity index (χ0) is 15.5. The van der Waals surface area contributed by atoms with Crippen molar-refractivity contribution < 1.29 is 4.79 Å². The van der Waals surface area contributed by atoms with Crippen LogP contribution < -0.4 is 5.32 Å². The molecule has 0 aliphatic carbocycles. The molecule has 0 aromatic carbocycles. The average Bonchev–Trinajstić information content (AvgIpc) is 2.44. The number of likely N-dealkylation sites (tertiary alicyclic amines) is 1. The predicted octanol–water partition coefficient (Wildman–Crippen LogP) is 3.82. The predicted molar refractivity (Wildman–Crippen MR) is 86.9 cm³/mol. The van der Waals surface area contributed by atoms with Crippen LogP contribution in [0.4, 0.5) is 5.82 Å². The third-order valence-electron chi connectivity index (χ3n) is 4.00. The van der Waals surface area contributed by atoms with Crippen molar-refractivity contribution in [3.63, 3.8) is 0 Å². The van der Waals surface area contributed by atoms with Gasteiger partial charge < -0.3 is 10.2 Å². The maximum absolute atomic E-state index is 12.6. The number of carbonyl (C=O) groups excluding carboxylic acids is 1. The van der Waals surface area contributed by atoms with E-state index in [1.165, 1.54) is 0 Å². The summed E-state index contributed by atoms with van der Waals surface area (Å²) in [5.41, 5.74) is 0.953. The van der Waals surface area contributed by atoms with Crippen LogP contribution in [0.5, 0.6) is 0 Å². The Hall–Kier alpha value is -1.29. The van der Waals surface area contributed by atoms with Crippen molar-refractivity contribution in [3.8, 4) is 0 Å². The van der Waals surface area contributed by atoms with Crippen molar-refractivity contribution in [1.29, 1.82) is 0 Å². The molecule has 116 valence electrons. The molecule has 1 aliphatic rings. The van der Waals surface area contributed by atoms with Crippen LogP contribution in [-0.4, -0.2) is 35.4 Å². The fraction of sp³-hybridized carbons (Fsp3) is 0.625. The molecule has 1 fully saturated rings. The average molecular weight is 310 g/mol. The maximum atomic E-state index is 12.6. The van der Waals surface area contributed by atoms with Gasteiger partial charge in [-0.25, -0.2) is 4.98 Å². The first kappa shape index (κ1) is 16.1. The van der Waals surface area contributed by atoms with Crippen molar-refractivity contribution in [2.24, 2.45) is 5.41 Å². The lowest BCUT2D eigenvalue weighted by Crippen LogP contribution is -2.41. The number of anilines is 1. The molecule has 2 rings (SSSR count). The largest absolute Gasteiger partial charge is 0.370 e. The third-order valence-corrected chi connectivity index (χ3v) is 4.19. The van der Waals surface area contributed by atoms with Crippen LogP contribution in [0.2, 0.25) is 5.15 Å². The molecule has 2 heterocycles. The first-order chi connectivity index (χ1) is 9.91. The molecule has 1 aromatic rings. The molecule has 4 nitrogen and oxygen atoms in total. The van der Waals surface area contributed by atoms with E-state index in [4.69, 9.17) is 11.6 Å². The molecule has 0 radical (unpaired) electrons. The first-order valence-corrected chi connectivity index (χ1v) is 8.00. The lowest BCUT2D eigenvalue weighted by Gasteiger charge is -2.37. The van der Waals surface area contributed by atoms with Gasteiger partial charge in [0, 0.05) is 25.2 Å².